The fourth-order valence-electron chi connectivity index (χ4n) is 3.10. The monoisotopic (exact) mass is 289 g/mol. The average Bonchev–Trinajstić information content (AvgIpc) is 2.53. The molecule has 1 aromatic rings. The highest BCUT2D eigenvalue weighted by Gasteiger charge is 2.19. The van der Waals surface area contributed by atoms with Crippen LogP contribution in [0.4, 0.5) is 0 Å². The molecule has 1 aliphatic carbocycles. The van der Waals surface area contributed by atoms with Gasteiger partial charge in [-0.2, -0.15) is 0 Å². The third-order valence-electron chi connectivity index (χ3n) is 4.87. The lowest BCUT2D eigenvalue weighted by Crippen LogP contribution is -2.32. The Morgan fingerprint density at radius 3 is 2.38 bits per heavy atom. The summed E-state index contributed by atoms with van der Waals surface area (Å²) in [4.78, 5) is 11.0. The summed E-state index contributed by atoms with van der Waals surface area (Å²) < 4.78 is 0. The van der Waals surface area contributed by atoms with E-state index >= 15 is 0 Å². The van der Waals surface area contributed by atoms with Gasteiger partial charge in [-0.3, -0.25) is 4.79 Å². The number of nitrogens with one attached hydrogen (secondary N) is 1. The van der Waals surface area contributed by atoms with Crippen molar-refractivity contribution in [3.63, 3.8) is 0 Å². The van der Waals surface area contributed by atoms with Crippen LogP contribution in [0.15, 0.2) is 24.3 Å². The van der Waals surface area contributed by atoms with Gasteiger partial charge < -0.3 is 10.4 Å². The zero-order valence-corrected chi connectivity index (χ0v) is 13.1. The van der Waals surface area contributed by atoms with E-state index < -0.39 is 11.9 Å². The van der Waals surface area contributed by atoms with Gasteiger partial charge in [-0.25, -0.2) is 0 Å². The van der Waals surface area contributed by atoms with E-state index in [2.05, 4.69) is 12.2 Å². The number of carboxylic acids is 1. The quantitative estimate of drug-likeness (QED) is 0.834. The first-order valence-electron chi connectivity index (χ1n) is 8.15. The lowest BCUT2D eigenvalue weighted by molar-refractivity contribution is -0.138. The van der Waals surface area contributed by atoms with Crippen LogP contribution in [0, 0.1) is 5.92 Å². The molecule has 3 nitrogen and oxygen atoms in total. The molecular formula is C18H27NO2. The number of hydrogen-bond acceptors (Lipinski definition) is 2. The van der Waals surface area contributed by atoms with Crippen LogP contribution in [-0.4, -0.2) is 17.1 Å². The molecule has 1 aromatic carbocycles. The van der Waals surface area contributed by atoms with Gasteiger partial charge in [0.25, 0.3) is 0 Å². The molecule has 21 heavy (non-hydrogen) atoms. The summed E-state index contributed by atoms with van der Waals surface area (Å²) in [5, 5.41) is 12.6. The molecule has 0 bridgehead atoms. The van der Waals surface area contributed by atoms with E-state index in [1.54, 1.807) is 6.92 Å². The van der Waals surface area contributed by atoms with Crippen molar-refractivity contribution in [1.82, 2.24) is 5.32 Å². The van der Waals surface area contributed by atoms with Gasteiger partial charge >= 0.3 is 5.97 Å². The van der Waals surface area contributed by atoms with Crippen molar-refractivity contribution in [3.05, 3.63) is 35.4 Å². The first-order valence-corrected chi connectivity index (χ1v) is 8.15. The Bertz CT molecular complexity index is 447. The van der Waals surface area contributed by atoms with Crippen LogP contribution >= 0.6 is 0 Å². The normalized spacial score (nSPS) is 23.7. The third-order valence-corrected chi connectivity index (χ3v) is 4.87. The fourth-order valence-corrected chi connectivity index (χ4v) is 3.10. The summed E-state index contributed by atoms with van der Waals surface area (Å²) in [5.74, 6) is -0.273. The van der Waals surface area contributed by atoms with Crippen LogP contribution in [0.25, 0.3) is 0 Å². The average molecular weight is 289 g/mol. The van der Waals surface area contributed by atoms with Crippen LogP contribution in [0.1, 0.15) is 63.0 Å². The van der Waals surface area contributed by atoms with E-state index in [4.69, 9.17) is 5.11 Å². The van der Waals surface area contributed by atoms with Gasteiger partial charge in [-0.1, -0.05) is 37.6 Å². The van der Waals surface area contributed by atoms with Crippen molar-refractivity contribution in [3.8, 4) is 0 Å². The third kappa shape index (κ3) is 4.57. The Morgan fingerprint density at radius 1 is 1.24 bits per heavy atom. The first kappa shape index (κ1) is 16.0. The first-order chi connectivity index (χ1) is 10.1. The maximum absolute atomic E-state index is 11.0. The van der Waals surface area contributed by atoms with Gasteiger partial charge in [0, 0.05) is 12.6 Å². The van der Waals surface area contributed by atoms with E-state index in [1.165, 1.54) is 37.7 Å². The van der Waals surface area contributed by atoms with Crippen molar-refractivity contribution in [2.45, 2.75) is 64.5 Å². The summed E-state index contributed by atoms with van der Waals surface area (Å²) in [6.45, 7) is 4.89. The molecule has 0 aromatic heterocycles. The molecule has 0 aliphatic heterocycles. The van der Waals surface area contributed by atoms with Crippen LogP contribution in [0.3, 0.4) is 0 Å². The second kappa shape index (κ2) is 7.60. The largest absolute Gasteiger partial charge is 0.481 e. The highest BCUT2D eigenvalue weighted by Crippen LogP contribution is 2.26. The van der Waals surface area contributed by atoms with Gasteiger partial charge in [-0.05, 0) is 49.7 Å². The maximum Gasteiger partial charge on any atom is 0.310 e. The summed E-state index contributed by atoms with van der Waals surface area (Å²) in [5.41, 5.74) is 2.10. The van der Waals surface area contributed by atoms with Crippen LogP contribution < -0.4 is 5.32 Å². The molecule has 1 fully saturated rings. The van der Waals surface area contributed by atoms with Crippen LogP contribution in [0.2, 0.25) is 0 Å². The Labute approximate surface area is 127 Å². The van der Waals surface area contributed by atoms with Gasteiger partial charge in [0.15, 0.2) is 0 Å². The second-order valence-corrected chi connectivity index (χ2v) is 6.31. The molecule has 0 amide bonds. The fraction of sp³-hybridized carbons (Fsp3) is 0.611. The zero-order chi connectivity index (χ0) is 15.2. The number of aliphatic carboxylic acids is 1. The molecule has 2 N–H and O–H groups in total. The molecule has 116 valence electrons. The molecular weight excluding hydrogens is 262 g/mol. The van der Waals surface area contributed by atoms with Crippen molar-refractivity contribution in [2.75, 3.05) is 0 Å². The summed E-state index contributed by atoms with van der Waals surface area (Å²) in [6.07, 6.45) is 6.59. The highest BCUT2D eigenvalue weighted by molar-refractivity contribution is 5.75. The number of carboxylic acid groups (broad SMARTS) is 1. The number of carbonyl (C=O) groups is 1. The van der Waals surface area contributed by atoms with E-state index in [1.807, 2.05) is 24.3 Å². The Balaban J connectivity index is 1.80. The summed E-state index contributed by atoms with van der Waals surface area (Å²) >= 11 is 0. The molecule has 1 aliphatic rings. The molecule has 0 radical (unpaired) electrons. The van der Waals surface area contributed by atoms with E-state index in [0.29, 0.717) is 6.04 Å². The molecule has 1 atom stereocenters. The van der Waals surface area contributed by atoms with E-state index in [-0.39, 0.29) is 0 Å². The molecule has 1 unspecified atom stereocenters. The van der Waals surface area contributed by atoms with E-state index in [0.717, 1.165) is 18.0 Å². The molecule has 0 saturated heterocycles. The number of benzene rings is 1. The van der Waals surface area contributed by atoms with Gasteiger partial charge in [0.1, 0.15) is 0 Å². The minimum atomic E-state index is -0.770. The lowest BCUT2D eigenvalue weighted by Gasteiger charge is -2.28. The van der Waals surface area contributed by atoms with Crippen molar-refractivity contribution >= 4 is 5.97 Å². The predicted octanol–water partition coefficient (Wildman–Crippen LogP) is 3.93. The van der Waals surface area contributed by atoms with Crippen molar-refractivity contribution < 1.29 is 9.90 Å². The number of rotatable bonds is 6. The minimum absolute atomic E-state index is 0.434. The van der Waals surface area contributed by atoms with Gasteiger partial charge in [0.2, 0.25) is 0 Å². The smallest absolute Gasteiger partial charge is 0.310 e. The van der Waals surface area contributed by atoms with Gasteiger partial charge in [-0.15, -0.1) is 0 Å². The van der Waals surface area contributed by atoms with Crippen molar-refractivity contribution in [2.24, 2.45) is 5.92 Å². The SMILES string of the molecule is CCC1CCC(NCc2ccc(C(C)C(=O)O)cc2)CC1. The summed E-state index contributed by atoms with van der Waals surface area (Å²) in [7, 11) is 0. The lowest BCUT2D eigenvalue weighted by atomic mass is 9.84. The minimum Gasteiger partial charge on any atom is -0.481 e. The molecule has 3 heteroatoms. The van der Waals surface area contributed by atoms with Crippen LogP contribution in [0.5, 0.6) is 0 Å². The molecule has 1 saturated carbocycles. The Kier molecular flexibility index (Phi) is 5.80. The molecule has 0 spiro atoms. The topological polar surface area (TPSA) is 49.3 Å². The molecule has 0 heterocycles. The van der Waals surface area contributed by atoms with Crippen molar-refractivity contribution in [1.29, 1.82) is 0 Å². The highest BCUT2D eigenvalue weighted by atomic mass is 16.4. The predicted molar refractivity (Wildman–Crippen MR) is 85.4 cm³/mol. The standard InChI is InChI=1S/C18H27NO2/c1-3-14-6-10-17(11-7-14)19-12-15-4-8-16(9-5-15)13(2)18(20)21/h4-5,8-9,13-14,17,19H,3,6-7,10-12H2,1-2H3,(H,20,21). The van der Waals surface area contributed by atoms with E-state index in [9.17, 15) is 4.79 Å². The van der Waals surface area contributed by atoms with Gasteiger partial charge in [0.05, 0.1) is 5.92 Å². The van der Waals surface area contributed by atoms with Crippen LogP contribution in [-0.2, 0) is 11.3 Å². The number of hydrogen-bond donors (Lipinski definition) is 2. The Morgan fingerprint density at radius 2 is 1.86 bits per heavy atom. The summed E-state index contributed by atoms with van der Waals surface area (Å²) in [6, 6.07) is 8.59. The molecule has 2 rings (SSSR count). The zero-order valence-electron chi connectivity index (χ0n) is 13.1. The second-order valence-electron chi connectivity index (χ2n) is 6.31. The Hall–Kier alpha value is -1.35. The maximum atomic E-state index is 11.0.